The topological polar surface area (TPSA) is 12.0 Å². The Morgan fingerprint density at radius 1 is 1.78 bits per heavy atom. The Bertz CT molecular complexity index is 85.1. The van der Waals surface area contributed by atoms with Crippen molar-refractivity contribution in [3.8, 4) is 0 Å². The van der Waals surface area contributed by atoms with Crippen molar-refractivity contribution in [1.29, 1.82) is 0 Å². The second-order valence-corrected chi connectivity index (χ2v) is 3.58. The minimum Gasteiger partial charge on any atom is -0.394 e. The number of rotatable bonds is 4. The average Bonchev–Trinajstić information content (AvgIpc) is 1.85. The fourth-order valence-corrected chi connectivity index (χ4v) is 1.37. The van der Waals surface area contributed by atoms with Crippen molar-refractivity contribution in [2.24, 2.45) is 0 Å². The van der Waals surface area contributed by atoms with E-state index in [9.17, 15) is 0 Å². The fraction of sp³-hybridized carbons (Fsp3) is 0.667. The van der Waals surface area contributed by atoms with Gasteiger partial charge in [0.1, 0.15) is 0 Å². The Kier molecular flexibility index (Phi) is 6.43. The first-order valence-electron chi connectivity index (χ1n) is 2.82. The van der Waals surface area contributed by atoms with Crippen LogP contribution < -0.4 is 5.32 Å². The van der Waals surface area contributed by atoms with E-state index < -0.39 is 0 Å². The molecule has 0 radical (unpaired) electrons. The third-order valence-electron chi connectivity index (χ3n) is 0.860. The molecule has 0 spiro atoms. The molecule has 0 aliphatic rings. The average molecular weight is 166 g/mol. The van der Waals surface area contributed by atoms with E-state index in [1.165, 1.54) is 0 Å². The molecule has 1 nitrogen and oxygen atoms in total. The van der Waals surface area contributed by atoms with Gasteiger partial charge in [0.05, 0.1) is 5.21 Å². The minimum absolute atomic E-state index is 0.509. The van der Waals surface area contributed by atoms with E-state index in [1.54, 1.807) is 11.8 Å². The largest absolute Gasteiger partial charge is 0.394 e. The number of halogens is 1. The first-order chi connectivity index (χ1) is 4.31. The molecule has 0 amide bonds. The normalized spacial score (nSPS) is 14.1. The van der Waals surface area contributed by atoms with Crippen LogP contribution in [0.25, 0.3) is 0 Å². The number of hydrogen-bond donors (Lipinski definition) is 1. The van der Waals surface area contributed by atoms with Crippen molar-refractivity contribution in [3.05, 3.63) is 12.3 Å². The molecule has 3 heteroatoms. The molecule has 0 saturated heterocycles. The van der Waals surface area contributed by atoms with E-state index in [0.717, 1.165) is 0 Å². The van der Waals surface area contributed by atoms with Crippen molar-refractivity contribution in [2.45, 2.75) is 12.2 Å². The Morgan fingerprint density at radius 2 is 2.44 bits per heavy atom. The maximum absolute atomic E-state index is 5.48. The summed E-state index contributed by atoms with van der Waals surface area (Å²) in [6.45, 7) is 2.11. The molecule has 0 heterocycles. The second-order valence-electron chi connectivity index (χ2n) is 1.63. The van der Waals surface area contributed by atoms with Gasteiger partial charge in [-0.05, 0) is 13.1 Å². The molecule has 0 fully saturated rings. The lowest BCUT2D eigenvalue weighted by Gasteiger charge is -2.00. The molecule has 0 aromatic heterocycles. The van der Waals surface area contributed by atoms with Crippen molar-refractivity contribution < 1.29 is 0 Å². The summed E-state index contributed by atoms with van der Waals surface area (Å²) >= 11 is 7.19. The number of thioether (sulfide) groups is 1. The quantitative estimate of drug-likeness (QED) is 0.640. The van der Waals surface area contributed by atoms with Crippen LogP contribution in [0.3, 0.4) is 0 Å². The van der Waals surface area contributed by atoms with Crippen LogP contribution >= 0.6 is 23.4 Å². The van der Waals surface area contributed by atoms with E-state index in [4.69, 9.17) is 11.6 Å². The minimum atomic E-state index is 0.509. The van der Waals surface area contributed by atoms with Crippen molar-refractivity contribution in [3.63, 3.8) is 0 Å². The maximum Gasteiger partial charge on any atom is 0.0686 e. The zero-order chi connectivity index (χ0) is 7.11. The summed E-state index contributed by atoms with van der Waals surface area (Å²) in [5.74, 6) is 0. The second kappa shape index (κ2) is 6.30. The predicted octanol–water partition coefficient (Wildman–Crippen LogP) is 2.04. The lowest BCUT2D eigenvalue weighted by atomic mass is 10.5. The lowest BCUT2D eigenvalue weighted by molar-refractivity contribution is 1.08. The summed E-state index contributed by atoms with van der Waals surface area (Å²) in [6.07, 6.45) is 4.00. The summed E-state index contributed by atoms with van der Waals surface area (Å²) in [4.78, 5) is 0. The Labute approximate surface area is 65.9 Å². The highest BCUT2D eigenvalue weighted by Crippen LogP contribution is 2.11. The molecule has 1 N–H and O–H groups in total. The summed E-state index contributed by atoms with van der Waals surface area (Å²) in [5, 5.41) is 4.09. The first kappa shape index (κ1) is 9.18. The van der Waals surface area contributed by atoms with E-state index >= 15 is 0 Å². The molecule has 0 rings (SSSR count). The van der Waals surface area contributed by atoms with E-state index in [0.29, 0.717) is 10.5 Å². The van der Waals surface area contributed by atoms with Crippen LogP contribution in [-0.4, -0.2) is 17.5 Å². The summed E-state index contributed by atoms with van der Waals surface area (Å²) in [5.41, 5.74) is 0. The number of alkyl halides is 1. The Hall–Kier alpha value is 0.180. The molecule has 0 aromatic rings. The molecular weight excluding hydrogens is 154 g/mol. The van der Waals surface area contributed by atoms with Crippen LogP contribution in [0.15, 0.2) is 12.3 Å². The molecule has 0 aliphatic heterocycles. The van der Waals surface area contributed by atoms with Gasteiger partial charge in [-0.3, -0.25) is 0 Å². The van der Waals surface area contributed by atoms with Gasteiger partial charge in [0, 0.05) is 12.3 Å². The summed E-state index contributed by atoms with van der Waals surface area (Å²) < 4.78 is 0. The van der Waals surface area contributed by atoms with Gasteiger partial charge < -0.3 is 5.32 Å². The summed E-state index contributed by atoms with van der Waals surface area (Å²) in [6, 6.07) is 0. The molecule has 9 heavy (non-hydrogen) atoms. The van der Waals surface area contributed by atoms with Crippen LogP contribution in [0.1, 0.15) is 6.92 Å². The van der Waals surface area contributed by atoms with Gasteiger partial charge in [-0.2, -0.15) is 0 Å². The van der Waals surface area contributed by atoms with Gasteiger partial charge in [0.15, 0.2) is 0 Å². The highest BCUT2D eigenvalue weighted by molar-refractivity contribution is 8.01. The van der Waals surface area contributed by atoms with Gasteiger partial charge in [-0.1, -0.05) is 6.08 Å². The first-order valence-corrected chi connectivity index (χ1v) is 4.41. The zero-order valence-electron chi connectivity index (χ0n) is 5.73. The lowest BCUT2D eigenvalue weighted by Crippen LogP contribution is -1.96. The van der Waals surface area contributed by atoms with Crippen LogP contribution in [-0.2, 0) is 0 Å². The van der Waals surface area contributed by atoms with Gasteiger partial charge >= 0.3 is 0 Å². The fourth-order valence-electron chi connectivity index (χ4n) is 0.387. The predicted molar refractivity (Wildman–Crippen MR) is 46.0 cm³/mol. The highest BCUT2D eigenvalue weighted by Gasteiger charge is 1.92. The standard InChI is InChI=1S/C6H12ClNS/c1-6(9-5-7)3-4-8-2/h3-4,6,8H,5H2,1-2H3/b4-3+. The Balaban J connectivity index is 3.25. The van der Waals surface area contributed by atoms with Crippen molar-refractivity contribution in [2.75, 3.05) is 12.3 Å². The van der Waals surface area contributed by atoms with Crippen LogP contribution in [0.5, 0.6) is 0 Å². The molecule has 0 aromatic carbocycles. The molecule has 1 atom stereocenters. The van der Waals surface area contributed by atoms with Crippen LogP contribution in [0, 0.1) is 0 Å². The van der Waals surface area contributed by atoms with Crippen molar-refractivity contribution >= 4 is 23.4 Å². The van der Waals surface area contributed by atoms with Crippen LogP contribution in [0.4, 0.5) is 0 Å². The maximum atomic E-state index is 5.48. The third-order valence-corrected chi connectivity index (χ3v) is 2.05. The molecule has 0 saturated carbocycles. The number of nitrogens with one attached hydrogen (secondary N) is 1. The molecule has 0 bridgehead atoms. The van der Waals surface area contributed by atoms with Gasteiger partial charge in [0.2, 0.25) is 0 Å². The summed E-state index contributed by atoms with van der Waals surface area (Å²) in [7, 11) is 1.88. The zero-order valence-corrected chi connectivity index (χ0v) is 7.30. The molecular formula is C6H12ClNS. The van der Waals surface area contributed by atoms with Gasteiger partial charge in [-0.15, -0.1) is 23.4 Å². The van der Waals surface area contributed by atoms with E-state index in [2.05, 4.69) is 18.3 Å². The molecule has 0 aliphatic carbocycles. The molecule has 1 unspecified atom stereocenters. The van der Waals surface area contributed by atoms with E-state index in [-0.39, 0.29) is 0 Å². The van der Waals surface area contributed by atoms with Crippen molar-refractivity contribution in [1.82, 2.24) is 5.32 Å². The number of hydrogen-bond acceptors (Lipinski definition) is 2. The van der Waals surface area contributed by atoms with Crippen LogP contribution in [0.2, 0.25) is 0 Å². The van der Waals surface area contributed by atoms with Gasteiger partial charge in [0.25, 0.3) is 0 Å². The molecule has 54 valence electrons. The van der Waals surface area contributed by atoms with E-state index in [1.807, 2.05) is 13.2 Å². The monoisotopic (exact) mass is 165 g/mol. The van der Waals surface area contributed by atoms with Gasteiger partial charge in [-0.25, -0.2) is 0 Å². The SMILES string of the molecule is CN/C=C/C(C)SCCl. The Morgan fingerprint density at radius 3 is 2.89 bits per heavy atom. The smallest absolute Gasteiger partial charge is 0.0686 e. The highest BCUT2D eigenvalue weighted by atomic mass is 35.5. The third kappa shape index (κ3) is 6.06.